The standard InChI is InChI=1S/C16H19BrINO/c1-3-9-19-16(15-8-6-12(4-2)20-15)13-10-11(18)5-7-14(13)17/h5-8,10,16,19H,3-4,9H2,1-2H3. The molecule has 0 aliphatic heterocycles. The Balaban J connectivity index is 2.38. The van der Waals surface area contributed by atoms with Crippen molar-refractivity contribution in [1.29, 1.82) is 0 Å². The van der Waals surface area contributed by atoms with Gasteiger partial charge in [0.05, 0.1) is 6.04 Å². The smallest absolute Gasteiger partial charge is 0.125 e. The molecule has 1 aromatic carbocycles. The lowest BCUT2D eigenvalue weighted by Gasteiger charge is -2.18. The second kappa shape index (κ2) is 7.61. The molecule has 20 heavy (non-hydrogen) atoms. The van der Waals surface area contributed by atoms with Gasteiger partial charge in [-0.25, -0.2) is 0 Å². The van der Waals surface area contributed by atoms with Crippen LogP contribution in [-0.2, 0) is 6.42 Å². The zero-order chi connectivity index (χ0) is 14.5. The number of hydrogen-bond acceptors (Lipinski definition) is 2. The van der Waals surface area contributed by atoms with E-state index in [4.69, 9.17) is 4.42 Å². The predicted octanol–water partition coefficient (Wildman–Crippen LogP) is 5.30. The molecule has 1 atom stereocenters. The van der Waals surface area contributed by atoms with Crippen molar-refractivity contribution >= 4 is 38.5 Å². The molecule has 1 N–H and O–H groups in total. The first-order valence-electron chi connectivity index (χ1n) is 6.92. The molecule has 0 saturated heterocycles. The number of furan rings is 1. The fraction of sp³-hybridized carbons (Fsp3) is 0.375. The van der Waals surface area contributed by atoms with Gasteiger partial charge in [0.2, 0.25) is 0 Å². The Morgan fingerprint density at radius 3 is 2.70 bits per heavy atom. The summed E-state index contributed by atoms with van der Waals surface area (Å²) in [7, 11) is 0. The Labute approximate surface area is 142 Å². The van der Waals surface area contributed by atoms with Crippen LogP contribution in [0.3, 0.4) is 0 Å². The van der Waals surface area contributed by atoms with Crippen LogP contribution in [-0.4, -0.2) is 6.54 Å². The first-order chi connectivity index (χ1) is 9.65. The number of aryl methyl sites for hydroxylation is 1. The predicted molar refractivity (Wildman–Crippen MR) is 95.1 cm³/mol. The van der Waals surface area contributed by atoms with Gasteiger partial charge in [0.15, 0.2) is 0 Å². The van der Waals surface area contributed by atoms with Crippen LogP contribution in [0.1, 0.15) is 43.4 Å². The quantitative estimate of drug-likeness (QED) is 0.608. The fourth-order valence-corrected chi connectivity index (χ4v) is 3.12. The van der Waals surface area contributed by atoms with Crippen LogP contribution < -0.4 is 5.32 Å². The van der Waals surface area contributed by atoms with Gasteiger partial charge in [0, 0.05) is 14.5 Å². The Morgan fingerprint density at radius 1 is 1.25 bits per heavy atom. The van der Waals surface area contributed by atoms with E-state index in [0.29, 0.717) is 0 Å². The summed E-state index contributed by atoms with van der Waals surface area (Å²) < 4.78 is 8.30. The molecule has 2 rings (SSSR count). The van der Waals surface area contributed by atoms with Gasteiger partial charge < -0.3 is 9.73 Å². The molecule has 1 unspecified atom stereocenters. The zero-order valence-corrected chi connectivity index (χ0v) is 15.5. The maximum atomic E-state index is 5.96. The molecule has 0 spiro atoms. The van der Waals surface area contributed by atoms with Gasteiger partial charge in [-0.3, -0.25) is 0 Å². The van der Waals surface area contributed by atoms with E-state index in [1.165, 1.54) is 9.13 Å². The van der Waals surface area contributed by atoms with Crippen molar-refractivity contribution < 1.29 is 4.42 Å². The molecule has 108 valence electrons. The highest BCUT2D eigenvalue weighted by Gasteiger charge is 2.19. The summed E-state index contributed by atoms with van der Waals surface area (Å²) in [5, 5.41) is 3.58. The van der Waals surface area contributed by atoms with Gasteiger partial charge in [-0.15, -0.1) is 0 Å². The first kappa shape index (κ1) is 16.0. The summed E-state index contributed by atoms with van der Waals surface area (Å²) in [6, 6.07) is 10.6. The van der Waals surface area contributed by atoms with E-state index < -0.39 is 0 Å². The highest BCUT2D eigenvalue weighted by atomic mass is 127. The van der Waals surface area contributed by atoms with E-state index in [-0.39, 0.29) is 6.04 Å². The number of benzene rings is 1. The van der Waals surface area contributed by atoms with Crippen molar-refractivity contribution in [3.63, 3.8) is 0 Å². The van der Waals surface area contributed by atoms with Crippen LogP contribution in [0.5, 0.6) is 0 Å². The second-order valence-corrected chi connectivity index (χ2v) is 6.81. The highest BCUT2D eigenvalue weighted by molar-refractivity contribution is 14.1. The van der Waals surface area contributed by atoms with Crippen LogP contribution in [0.15, 0.2) is 39.2 Å². The van der Waals surface area contributed by atoms with Crippen LogP contribution in [0, 0.1) is 3.57 Å². The summed E-state index contributed by atoms with van der Waals surface area (Å²) in [5.41, 5.74) is 1.22. The Bertz CT molecular complexity index is 567. The molecular formula is C16H19BrINO. The monoisotopic (exact) mass is 447 g/mol. The van der Waals surface area contributed by atoms with Gasteiger partial charge in [0.1, 0.15) is 11.5 Å². The Kier molecular flexibility index (Phi) is 6.11. The first-order valence-corrected chi connectivity index (χ1v) is 8.79. The normalized spacial score (nSPS) is 12.6. The minimum atomic E-state index is 0.0966. The van der Waals surface area contributed by atoms with Gasteiger partial charge in [0.25, 0.3) is 0 Å². The molecule has 0 saturated carbocycles. The molecule has 0 aliphatic rings. The maximum absolute atomic E-state index is 5.96. The summed E-state index contributed by atoms with van der Waals surface area (Å²) in [6.07, 6.45) is 2.02. The third-order valence-corrected chi connectivity index (χ3v) is 4.58. The molecule has 0 aliphatic carbocycles. The third-order valence-electron chi connectivity index (χ3n) is 3.18. The number of halogens is 2. The summed E-state index contributed by atoms with van der Waals surface area (Å²) in [6.45, 7) is 5.25. The number of hydrogen-bond donors (Lipinski definition) is 1. The Hall–Kier alpha value is -0.330. The van der Waals surface area contributed by atoms with Crippen molar-refractivity contribution in [2.24, 2.45) is 0 Å². The average Bonchev–Trinajstić information content (AvgIpc) is 2.92. The number of nitrogens with one attached hydrogen (secondary N) is 1. The van der Waals surface area contributed by atoms with Crippen molar-refractivity contribution in [1.82, 2.24) is 5.32 Å². The molecule has 2 aromatic rings. The van der Waals surface area contributed by atoms with Crippen LogP contribution in [0.25, 0.3) is 0 Å². The van der Waals surface area contributed by atoms with E-state index in [2.05, 4.69) is 88.0 Å². The lowest BCUT2D eigenvalue weighted by atomic mass is 10.0. The molecule has 1 heterocycles. The van der Waals surface area contributed by atoms with E-state index >= 15 is 0 Å². The highest BCUT2D eigenvalue weighted by Crippen LogP contribution is 2.31. The second-order valence-electron chi connectivity index (χ2n) is 4.71. The Morgan fingerprint density at radius 2 is 2.05 bits per heavy atom. The topological polar surface area (TPSA) is 25.2 Å². The maximum Gasteiger partial charge on any atom is 0.125 e. The molecular weight excluding hydrogens is 429 g/mol. The van der Waals surface area contributed by atoms with Gasteiger partial charge >= 0.3 is 0 Å². The van der Waals surface area contributed by atoms with Gasteiger partial charge in [-0.1, -0.05) is 29.8 Å². The molecule has 0 bridgehead atoms. The minimum absolute atomic E-state index is 0.0966. The zero-order valence-electron chi connectivity index (χ0n) is 11.7. The van der Waals surface area contributed by atoms with E-state index in [1.807, 2.05) is 0 Å². The van der Waals surface area contributed by atoms with Crippen molar-refractivity contribution in [3.8, 4) is 0 Å². The number of rotatable bonds is 6. The average molecular weight is 448 g/mol. The van der Waals surface area contributed by atoms with Crippen LogP contribution >= 0.6 is 38.5 Å². The molecule has 0 amide bonds. The fourth-order valence-electron chi connectivity index (χ4n) is 2.13. The van der Waals surface area contributed by atoms with Gasteiger partial charge in [-0.05, 0) is 71.5 Å². The minimum Gasteiger partial charge on any atom is -0.464 e. The van der Waals surface area contributed by atoms with E-state index in [0.717, 1.165) is 35.4 Å². The summed E-state index contributed by atoms with van der Waals surface area (Å²) in [4.78, 5) is 0. The molecule has 0 radical (unpaired) electrons. The van der Waals surface area contributed by atoms with Crippen LogP contribution in [0.4, 0.5) is 0 Å². The molecule has 4 heteroatoms. The van der Waals surface area contributed by atoms with Crippen molar-refractivity contribution in [3.05, 3.63) is 55.5 Å². The largest absolute Gasteiger partial charge is 0.464 e. The van der Waals surface area contributed by atoms with Crippen molar-refractivity contribution in [2.75, 3.05) is 6.54 Å². The van der Waals surface area contributed by atoms with E-state index in [1.54, 1.807) is 0 Å². The van der Waals surface area contributed by atoms with E-state index in [9.17, 15) is 0 Å². The lowest BCUT2D eigenvalue weighted by Crippen LogP contribution is -2.23. The SMILES string of the molecule is CCCNC(c1ccc(CC)o1)c1cc(I)ccc1Br. The molecule has 2 nitrogen and oxygen atoms in total. The summed E-state index contributed by atoms with van der Waals surface area (Å²) in [5.74, 6) is 2.02. The van der Waals surface area contributed by atoms with Gasteiger partial charge in [-0.2, -0.15) is 0 Å². The lowest BCUT2D eigenvalue weighted by molar-refractivity contribution is 0.421. The molecule has 0 fully saturated rings. The van der Waals surface area contributed by atoms with Crippen molar-refractivity contribution in [2.45, 2.75) is 32.7 Å². The third kappa shape index (κ3) is 3.86. The molecule has 1 aromatic heterocycles. The summed E-state index contributed by atoms with van der Waals surface area (Å²) >= 11 is 6.01. The van der Waals surface area contributed by atoms with Crippen LogP contribution in [0.2, 0.25) is 0 Å².